The van der Waals surface area contributed by atoms with Crippen LogP contribution >= 0.6 is 0 Å². The molecule has 22 heavy (non-hydrogen) atoms. The van der Waals surface area contributed by atoms with E-state index in [4.69, 9.17) is 16.2 Å². The van der Waals surface area contributed by atoms with E-state index in [9.17, 15) is 14.4 Å². The van der Waals surface area contributed by atoms with Crippen molar-refractivity contribution in [1.82, 2.24) is 5.32 Å². The molecule has 0 heterocycles. The lowest BCUT2D eigenvalue weighted by Gasteiger charge is -2.16. The quantitative estimate of drug-likeness (QED) is 0.349. The first-order chi connectivity index (χ1) is 10.4. The van der Waals surface area contributed by atoms with Crippen molar-refractivity contribution in [1.29, 1.82) is 0 Å². The molecule has 120 valence electrons. The van der Waals surface area contributed by atoms with Gasteiger partial charge in [0, 0.05) is 6.42 Å². The molecule has 0 bridgehead atoms. The number of hydrogen-bond donors (Lipinski definition) is 3. The first-order valence-corrected chi connectivity index (χ1v) is 6.95. The highest BCUT2D eigenvalue weighted by atomic mass is 16.5. The number of benzene rings is 1. The van der Waals surface area contributed by atoms with Crippen molar-refractivity contribution in [2.24, 2.45) is 11.5 Å². The van der Waals surface area contributed by atoms with Crippen molar-refractivity contribution in [2.45, 2.75) is 38.5 Å². The molecule has 0 fully saturated rings. The van der Waals surface area contributed by atoms with Gasteiger partial charge in [-0.1, -0.05) is 30.3 Å². The van der Waals surface area contributed by atoms with Gasteiger partial charge >= 0.3 is 5.97 Å². The van der Waals surface area contributed by atoms with Crippen LogP contribution in [0.15, 0.2) is 30.3 Å². The molecule has 0 radical (unpaired) electrons. The first kappa shape index (κ1) is 17.6. The molecular weight excluding hydrogens is 290 g/mol. The van der Waals surface area contributed by atoms with Crippen LogP contribution in [0.4, 0.5) is 0 Å². The minimum atomic E-state index is -0.942. The Morgan fingerprint density at radius 2 is 1.86 bits per heavy atom. The molecule has 0 unspecified atom stereocenters. The van der Waals surface area contributed by atoms with E-state index in [0.717, 1.165) is 5.56 Å². The minimum Gasteiger partial charge on any atom is -0.461 e. The second kappa shape index (κ2) is 8.78. The molecular formula is C15H21N3O4. The number of ether oxygens (including phenoxy) is 1. The van der Waals surface area contributed by atoms with E-state index in [1.54, 1.807) is 0 Å². The molecule has 1 aromatic rings. The Bertz CT molecular complexity index is 517. The second-order valence-electron chi connectivity index (χ2n) is 4.94. The smallest absolute Gasteiger partial charge is 0.306 e. The zero-order chi connectivity index (χ0) is 16.5. The van der Waals surface area contributed by atoms with Gasteiger partial charge in [0.2, 0.25) is 11.8 Å². The minimum absolute atomic E-state index is 0.0281. The fourth-order valence-electron chi connectivity index (χ4n) is 1.66. The fourth-order valence-corrected chi connectivity index (χ4v) is 1.66. The van der Waals surface area contributed by atoms with Crippen LogP contribution in [0, 0.1) is 0 Å². The summed E-state index contributed by atoms with van der Waals surface area (Å²) < 4.78 is 5.08. The number of carbonyl (C=O) groups excluding carboxylic acids is 3. The second-order valence-corrected chi connectivity index (χ2v) is 4.94. The Hall–Kier alpha value is -2.41. The van der Waals surface area contributed by atoms with Gasteiger partial charge in [0.15, 0.2) is 0 Å². The van der Waals surface area contributed by atoms with Gasteiger partial charge in [-0.2, -0.15) is 0 Å². The van der Waals surface area contributed by atoms with E-state index in [1.165, 1.54) is 6.92 Å². The summed E-state index contributed by atoms with van der Waals surface area (Å²) in [5.41, 5.74) is 11.5. The van der Waals surface area contributed by atoms with Crippen LogP contribution in [0.1, 0.15) is 25.3 Å². The lowest BCUT2D eigenvalue weighted by Crippen LogP contribution is -2.49. The average molecular weight is 311 g/mol. The number of esters is 1. The van der Waals surface area contributed by atoms with E-state index in [-0.39, 0.29) is 19.4 Å². The average Bonchev–Trinajstić information content (AvgIpc) is 2.49. The zero-order valence-corrected chi connectivity index (χ0v) is 12.5. The summed E-state index contributed by atoms with van der Waals surface area (Å²) in [6.45, 7) is 1.65. The molecule has 7 nitrogen and oxygen atoms in total. The van der Waals surface area contributed by atoms with Gasteiger partial charge in [-0.05, 0) is 18.9 Å². The number of rotatable bonds is 8. The molecule has 7 heteroatoms. The first-order valence-electron chi connectivity index (χ1n) is 6.95. The lowest BCUT2D eigenvalue weighted by molar-refractivity contribution is -0.145. The maximum Gasteiger partial charge on any atom is 0.306 e. The molecule has 0 saturated heterocycles. The summed E-state index contributed by atoms with van der Waals surface area (Å²) in [7, 11) is 0. The van der Waals surface area contributed by atoms with E-state index in [1.807, 2.05) is 30.3 Å². The van der Waals surface area contributed by atoms with Crippen LogP contribution in [0.25, 0.3) is 0 Å². The Labute approximate surface area is 129 Å². The molecule has 0 aliphatic carbocycles. The summed E-state index contributed by atoms with van der Waals surface area (Å²) >= 11 is 0. The molecule has 0 aliphatic heterocycles. The molecule has 5 N–H and O–H groups in total. The third kappa shape index (κ3) is 6.36. The number of nitrogens with two attached hydrogens (primary N) is 2. The van der Waals surface area contributed by atoms with Gasteiger partial charge in [-0.3, -0.25) is 14.4 Å². The molecule has 0 saturated carbocycles. The van der Waals surface area contributed by atoms with E-state index in [2.05, 4.69) is 5.32 Å². The maximum atomic E-state index is 11.7. The Balaban J connectivity index is 2.39. The molecule has 1 rings (SSSR count). The monoisotopic (exact) mass is 311 g/mol. The topological polar surface area (TPSA) is 125 Å². The van der Waals surface area contributed by atoms with Crippen molar-refractivity contribution >= 4 is 17.8 Å². The van der Waals surface area contributed by atoms with Crippen molar-refractivity contribution in [3.63, 3.8) is 0 Å². The van der Waals surface area contributed by atoms with Gasteiger partial charge < -0.3 is 21.5 Å². The molecule has 1 aromatic carbocycles. The van der Waals surface area contributed by atoms with Crippen LogP contribution in [0.2, 0.25) is 0 Å². The van der Waals surface area contributed by atoms with Crippen LogP contribution in [-0.4, -0.2) is 29.9 Å². The van der Waals surface area contributed by atoms with E-state index < -0.39 is 29.9 Å². The highest BCUT2D eigenvalue weighted by Gasteiger charge is 2.21. The van der Waals surface area contributed by atoms with Crippen LogP contribution in [-0.2, 0) is 25.7 Å². The van der Waals surface area contributed by atoms with Crippen molar-refractivity contribution in [3.05, 3.63) is 35.9 Å². The third-order valence-electron chi connectivity index (χ3n) is 2.95. The number of amides is 2. The highest BCUT2D eigenvalue weighted by molar-refractivity contribution is 5.89. The number of nitrogens with one attached hydrogen (secondary N) is 1. The summed E-state index contributed by atoms with van der Waals surface area (Å²) in [5, 5.41) is 2.40. The normalized spacial score (nSPS) is 13.0. The van der Waals surface area contributed by atoms with Gasteiger partial charge in [-0.25, -0.2) is 0 Å². The number of hydrogen-bond acceptors (Lipinski definition) is 5. The molecule has 0 aliphatic rings. The molecule has 0 spiro atoms. The number of primary amides is 1. The summed E-state index contributed by atoms with van der Waals surface area (Å²) in [4.78, 5) is 34.4. The molecule has 2 amide bonds. The Morgan fingerprint density at radius 3 is 2.41 bits per heavy atom. The predicted octanol–water partition coefficient (Wildman–Crippen LogP) is -0.173. The summed E-state index contributed by atoms with van der Waals surface area (Å²) in [5.74, 6) is -1.68. The molecule has 0 aromatic heterocycles. The maximum absolute atomic E-state index is 11.7. The van der Waals surface area contributed by atoms with Gasteiger partial charge in [0.05, 0.1) is 6.04 Å². The Kier molecular flexibility index (Phi) is 7.04. The van der Waals surface area contributed by atoms with Crippen LogP contribution in [0.5, 0.6) is 0 Å². The third-order valence-corrected chi connectivity index (χ3v) is 2.95. The van der Waals surface area contributed by atoms with Crippen molar-refractivity contribution in [2.75, 3.05) is 0 Å². The number of carbonyl (C=O) groups is 3. The zero-order valence-electron chi connectivity index (χ0n) is 12.5. The standard InChI is InChI=1S/C15H21N3O4/c1-10(16)15(21)18-12(14(17)20)7-8-13(19)22-9-11-5-3-2-4-6-11/h2-6,10,12H,7-9,16H2,1H3,(H2,17,20)(H,18,21)/t10-,12+/m0/s1/i1+1,10+1,15+1,16+1. The highest BCUT2D eigenvalue weighted by Crippen LogP contribution is 2.04. The lowest BCUT2D eigenvalue weighted by atomic mass is 10.1. The SMILES string of the molecule is [13CH3][13C@H]([15NH2])[13C](=O)N[C@H](CCC(=O)OCc1ccccc1)C(N)=O. The van der Waals surface area contributed by atoms with Gasteiger partial charge in [-0.15, -0.1) is 0 Å². The van der Waals surface area contributed by atoms with Crippen LogP contribution in [0.3, 0.4) is 0 Å². The van der Waals surface area contributed by atoms with Gasteiger partial charge in [0.25, 0.3) is 0 Å². The fraction of sp³-hybridized carbons (Fsp3) is 0.400. The van der Waals surface area contributed by atoms with E-state index >= 15 is 0 Å². The summed E-state index contributed by atoms with van der Waals surface area (Å²) in [6, 6.07) is 7.52. The van der Waals surface area contributed by atoms with Crippen molar-refractivity contribution < 1.29 is 19.1 Å². The molecule has 2 atom stereocenters. The summed E-state index contributed by atoms with van der Waals surface area (Å²) in [6.07, 6.45) is 0.0427. The van der Waals surface area contributed by atoms with Gasteiger partial charge in [0.1, 0.15) is 12.6 Å². The largest absolute Gasteiger partial charge is 0.461 e. The van der Waals surface area contributed by atoms with Crippen molar-refractivity contribution in [3.8, 4) is 0 Å². The van der Waals surface area contributed by atoms with E-state index in [0.29, 0.717) is 0 Å². The Morgan fingerprint density at radius 1 is 1.23 bits per heavy atom. The van der Waals surface area contributed by atoms with Crippen LogP contribution < -0.4 is 16.8 Å². The predicted molar refractivity (Wildman–Crippen MR) is 80.2 cm³/mol.